The molecule has 0 unspecified atom stereocenters. The number of anilines is 1. The van der Waals surface area contributed by atoms with Crippen LogP contribution < -0.4 is 10.1 Å². The minimum atomic E-state index is -3.56. The summed E-state index contributed by atoms with van der Waals surface area (Å²) in [6.45, 7) is 6.17. The maximum atomic E-state index is 13.0. The van der Waals surface area contributed by atoms with Gasteiger partial charge in [0.15, 0.2) is 11.7 Å². The minimum absolute atomic E-state index is 0.136. The van der Waals surface area contributed by atoms with Crippen molar-refractivity contribution in [3.63, 3.8) is 0 Å². The number of benzene rings is 2. The van der Waals surface area contributed by atoms with E-state index in [9.17, 15) is 13.2 Å². The van der Waals surface area contributed by atoms with Gasteiger partial charge < -0.3 is 9.64 Å². The molecule has 0 saturated carbocycles. The van der Waals surface area contributed by atoms with Gasteiger partial charge in [0.1, 0.15) is 5.75 Å². The Bertz CT molecular complexity index is 1250. The van der Waals surface area contributed by atoms with Crippen molar-refractivity contribution < 1.29 is 17.9 Å². The van der Waals surface area contributed by atoms with Gasteiger partial charge in [-0.2, -0.15) is 4.31 Å². The van der Waals surface area contributed by atoms with Gasteiger partial charge in [-0.3, -0.25) is 10.1 Å². The van der Waals surface area contributed by atoms with Crippen LogP contribution in [0.15, 0.2) is 41.3 Å². The van der Waals surface area contributed by atoms with Crippen LogP contribution in [0.1, 0.15) is 11.1 Å². The number of ether oxygens (including phenoxy) is 1. The fraction of sp³-hybridized carbons (Fsp3) is 0.364. The largest absolute Gasteiger partial charge is 0.483 e. The molecule has 2 heterocycles. The third-order valence-corrected chi connectivity index (χ3v) is 8.45. The lowest BCUT2D eigenvalue weighted by Crippen LogP contribution is -2.46. The van der Waals surface area contributed by atoms with E-state index in [1.807, 2.05) is 39.1 Å². The summed E-state index contributed by atoms with van der Waals surface area (Å²) < 4.78 is 33.9. The lowest BCUT2D eigenvalue weighted by Gasteiger charge is -2.31. The van der Waals surface area contributed by atoms with Crippen molar-refractivity contribution in [2.24, 2.45) is 0 Å². The maximum Gasteiger partial charge on any atom is 0.264 e. The van der Waals surface area contributed by atoms with Gasteiger partial charge in [0.25, 0.3) is 5.91 Å². The van der Waals surface area contributed by atoms with Gasteiger partial charge in [0.2, 0.25) is 10.0 Å². The molecule has 2 aromatic carbocycles. The number of likely N-dealkylation sites (N-methyl/N-ethyl adjacent to an activating group) is 1. The average Bonchev–Trinajstić information content (AvgIpc) is 3.16. The molecule has 3 aromatic rings. The number of piperazine rings is 1. The number of thiazole rings is 1. The van der Waals surface area contributed by atoms with Gasteiger partial charge >= 0.3 is 0 Å². The maximum absolute atomic E-state index is 13.0. The standard InChI is InChI=1S/C22H26N4O4S2/c1-15-5-4-6-19(16(15)2)30-14-21(27)24-22-23-18-8-7-17(13-20(18)31-22)32(28,29)26-11-9-25(3)10-12-26/h4-8,13H,9-12,14H2,1-3H3,(H,23,24,27). The predicted octanol–water partition coefficient (Wildman–Crippen LogP) is 2.87. The first-order valence-electron chi connectivity index (χ1n) is 10.3. The van der Waals surface area contributed by atoms with Gasteiger partial charge in [-0.25, -0.2) is 13.4 Å². The van der Waals surface area contributed by atoms with E-state index in [-0.39, 0.29) is 17.4 Å². The molecule has 170 valence electrons. The molecular weight excluding hydrogens is 448 g/mol. The molecule has 1 fully saturated rings. The fourth-order valence-corrected chi connectivity index (χ4v) is 5.92. The number of amides is 1. The molecule has 1 aromatic heterocycles. The Morgan fingerprint density at radius 2 is 1.91 bits per heavy atom. The third kappa shape index (κ3) is 4.78. The van der Waals surface area contributed by atoms with E-state index < -0.39 is 10.0 Å². The summed E-state index contributed by atoms with van der Waals surface area (Å²) in [5.74, 6) is 0.346. The number of carbonyl (C=O) groups is 1. The molecule has 0 radical (unpaired) electrons. The van der Waals surface area contributed by atoms with Crippen molar-refractivity contribution in [3.8, 4) is 5.75 Å². The number of rotatable bonds is 6. The van der Waals surface area contributed by atoms with Crippen molar-refractivity contribution in [1.82, 2.24) is 14.2 Å². The highest BCUT2D eigenvalue weighted by atomic mass is 32.2. The van der Waals surface area contributed by atoms with E-state index in [0.29, 0.717) is 47.3 Å². The molecule has 0 bridgehead atoms. The van der Waals surface area contributed by atoms with Gasteiger partial charge in [-0.05, 0) is 56.3 Å². The van der Waals surface area contributed by atoms with Crippen LogP contribution in [0.25, 0.3) is 10.2 Å². The van der Waals surface area contributed by atoms with Gasteiger partial charge in [0.05, 0.1) is 15.1 Å². The Morgan fingerprint density at radius 3 is 2.66 bits per heavy atom. The second-order valence-electron chi connectivity index (χ2n) is 7.89. The molecule has 0 atom stereocenters. The zero-order chi connectivity index (χ0) is 22.9. The summed E-state index contributed by atoms with van der Waals surface area (Å²) in [6, 6.07) is 10.6. The Kier molecular flexibility index (Phi) is 6.47. The molecule has 1 aliphatic heterocycles. The molecule has 0 spiro atoms. The van der Waals surface area contributed by atoms with Crippen molar-refractivity contribution in [3.05, 3.63) is 47.5 Å². The first kappa shape index (κ1) is 22.7. The van der Waals surface area contributed by atoms with Gasteiger partial charge in [-0.1, -0.05) is 23.5 Å². The van der Waals surface area contributed by atoms with E-state index in [4.69, 9.17) is 4.74 Å². The fourth-order valence-electron chi connectivity index (χ4n) is 3.48. The molecule has 32 heavy (non-hydrogen) atoms. The quantitative estimate of drug-likeness (QED) is 0.591. The summed E-state index contributed by atoms with van der Waals surface area (Å²) >= 11 is 1.24. The second-order valence-corrected chi connectivity index (χ2v) is 10.9. The number of hydrogen-bond acceptors (Lipinski definition) is 7. The van der Waals surface area contributed by atoms with E-state index >= 15 is 0 Å². The number of carbonyl (C=O) groups excluding carboxylic acids is 1. The monoisotopic (exact) mass is 474 g/mol. The van der Waals surface area contributed by atoms with Gasteiger partial charge in [-0.15, -0.1) is 0 Å². The van der Waals surface area contributed by atoms with E-state index in [1.54, 1.807) is 18.2 Å². The van der Waals surface area contributed by atoms with Crippen LogP contribution in [0.3, 0.4) is 0 Å². The summed E-state index contributed by atoms with van der Waals surface area (Å²) in [7, 11) is -1.58. The molecule has 8 nitrogen and oxygen atoms in total. The minimum Gasteiger partial charge on any atom is -0.483 e. The second kappa shape index (κ2) is 9.14. The van der Waals surface area contributed by atoms with Crippen LogP contribution in [0, 0.1) is 13.8 Å². The number of sulfonamides is 1. The highest BCUT2D eigenvalue weighted by molar-refractivity contribution is 7.89. The lowest BCUT2D eigenvalue weighted by molar-refractivity contribution is -0.118. The van der Waals surface area contributed by atoms with Crippen molar-refractivity contribution in [2.75, 3.05) is 45.2 Å². The number of nitrogens with zero attached hydrogens (tertiary/aromatic N) is 3. The van der Waals surface area contributed by atoms with Crippen molar-refractivity contribution >= 4 is 42.6 Å². The Labute approximate surface area is 191 Å². The highest BCUT2D eigenvalue weighted by Gasteiger charge is 2.27. The molecule has 10 heteroatoms. The smallest absolute Gasteiger partial charge is 0.264 e. The number of fused-ring (bicyclic) bond motifs is 1. The summed E-state index contributed by atoms with van der Waals surface area (Å²) in [5.41, 5.74) is 2.73. The van der Waals surface area contributed by atoms with Crippen LogP contribution in [0.2, 0.25) is 0 Å². The SMILES string of the molecule is Cc1cccc(OCC(=O)Nc2nc3ccc(S(=O)(=O)N4CCN(C)CC4)cc3s2)c1C. The van der Waals surface area contributed by atoms with Gasteiger partial charge in [0, 0.05) is 26.2 Å². The topological polar surface area (TPSA) is 91.8 Å². The highest BCUT2D eigenvalue weighted by Crippen LogP contribution is 2.29. The summed E-state index contributed by atoms with van der Waals surface area (Å²) in [6.07, 6.45) is 0. The van der Waals surface area contributed by atoms with Crippen LogP contribution >= 0.6 is 11.3 Å². The number of aromatic nitrogens is 1. The van der Waals surface area contributed by atoms with Crippen molar-refractivity contribution in [2.45, 2.75) is 18.7 Å². The van der Waals surface area contributed by atoms with Crippen LogP contribution in [0.5, 0.6) is 5.75 Å². The molecular formula is C22H26N4O4S2. The number of nitrogens with one attached hydrogen (secondary N) is 1. The lowest BCUT2D eigenvalue weighted by atomic mass is 10.1. The Balaban J connectivity index is 1.44. The first-order chi connectivity index (χ1) is 15.2. The Morgan fingerprint density at radius 1 is 1.16 bits per heavy atom. The van der Waals surface area contributed by atoms with Crippen LogP contribution in [0.4, 0.5) is 5.13 Å². The number of aryl methyl sites for hydroxylation is 1. The normalized spacial score (nSPS) is 15.7. The Hall–Kier alpha value is -2.53. The van der Waals surface area contributed by atoms with Crippen LogP contribution in [-0.2, 0) is 14.8 Å². The summed E-state index contributed by atoms with van der Waals surface area (Å²) in [5, 5.41) is 3.15. The molecule has 1 N–H and O–H groups in total. The van der Waals surface area contributed by atoms with E-state index in [2.05, 4.69) is 15.2 Å². The molecule has 0 aliphatic carbocycles. The van der Waals surface area contributed by atoms with Crippen molar-refractivity contribution in [1.29, 1.82) is 0 Å². The zero-order valence-corrected chi connectivity index (χ0v) is 19.9. The molecule has 1 amide bonds. The zero-order valence-electron chi connectivity index (χ0n) is 18.3. The predicted molar refractivity (Wildman–Crippen MR) is 126 cm³/mol. The third-order valence-electron chi connectivity index (χ3n) is 5.62. The van der Waals surface area contributed by atoms with E-state index in [1.165, 1.54) is 15.6 Å². The average molecular weight is 475 g/mol. The van der Waals surface area contributed by atoms with E-state index in [0.717, 1.165) is 11.1 Å². The first-order valence-corrected chi connectivity index (χ1v) is 12.6. The molecule has 1 aliphatic rings. The summed E-state index contributed by atoms with van der Waals surface area (Å²) in [4.78, 5) is 19.1. The van der Waals surface area contributed by atoms with Crippen LogP contribution in [-0.4, -0.2) is 68.3 Å². The molecule has 4 rings (SSSR count). The number of hydrogen-bond donors (Lipinski definition) is 1. The molecule has 1 saturated heterocycles.